The summed E-state index contributed by atoms with van der Waals surface area (Å²) in [5, 5.41) is 8.16. The van der Waals surface area contributed by atoms with Crippen LogP contribution in [-0.4, -0.2) is 20.2 Å². The van der Waals surface area contributed by atoms with E-state index in [9.17, 15) is 0 Å². The van der Waals surface area contributed by atoms with E-state index in [0.717, 1.165) is 35.4 Å². The van der Waals surface area contributed by atoms with Crippen LogP contribution in [-0.2, 0) is 19.6 Å². The van der Waals surface area contributed by atoms with E-state index in [-0.39, 0.29) is 6.61 Å². The third-order valence-electron chi connectivity index (χ3n) is 6.56. The molecule has 0 aliphatic carbocycles. The average molecular weight is 575 g/mol. The summed E-state index contributed by atoms with van der Waals surface area (Å²) in [7, 11) is 0. The number of nitrogens with zero attached hydrogens (tertiary/aromatic N) is 4. The van der Waals surface area contributed by atoms with E-state index in [2.05, 4.69) is 27.1 Å². The predicted octanol–water partition coefficient (Wildman–Crippen LogP) is 7.97. The molecule has 0 aliphatic heterocycles. The van der Waals surface area contributed by atoms with Gasteiger partial charge in [0.05, 0.1) is 0 Å². The fourth-order valence-electron chi connectivity index (χ4n) is 4.30. The first-order valence-electron chi connectivity index (χ1n) is 14.1. The molecule has 0 saturated carbocycles. The Labute approximate surface area is 248 Å². The van der Waals surface area contributed by atoms with Crippen LogP contribution in [0, 0.1) is 6.92 Å². The van der Waals surface area contributed by atoms with Gasteiger partial charge in [-0.3, -0.25) is 0 Å². The summed E-state index contributed by atoms with van der Waals surface area (Å²) in [4.78, 5) is 9.29. The lowest BCUT2D eigenvalue weighted by molar-refractivity contribution is 0.269. The highest BCUT2D eigenvalue weighted by atomic mass is 16.5. The van der Waals surface area contributed by atoms with Crippen molar-refractivity contribution in [1.29, 1.82) is 0 Å². The van der Waals surface area contributed by atoms with Gasteiger partial charge in [0.2, 0.25) is 23.6 Å². The van der Waals surface area contributed by atoms with Gasteiger partial charge in [0.25, 0.3) is 0 Å². The van der Waals surface area contributed by atoms with Crippen LogP contribution >= 0.6 is 0 Å². The van der Waals surface area contributed by atoms with Crippen LogP contribution in [0.5, 0.6) is 11.5 Å². The van der Waals surface area contributed by atoms with Gasteiger partial charge in [0.1, 0.15) is 41.9 Å². The van der Waals surface area contributed by atoms with Gasteiger partial charge >= 0.3 is 0 Å². The smallest absolute Gasteiger partial charge is 0.240 e. The Bertz CT molecular complexity index is 1790. The first-order valence-corrected chi connectivity index (χ1v) is 14.1. The van der Waals surface area contributed by atoms with Crippen LogP contribution in [0.15, 0.2) is 98.2 Å². The van der Waals surface area contributed by atoms with Gasteiger partial charge in [-0.1, -0.05) is 43.3 Å². The fourth-order valence-corrected chi connectivity index (χ4v) is 4.30. The Hall–Kier alpha value is -5.44. The number of benzene rings is 3. The van der Waals surface area contributed by atoms with Gasteiger partial charge in [-0.05, 0) is 68.0 Å². The molecule has 3 heterocycles. The maximum Gasteiger partial charge on any atom is 0.240 e. The predicted molar refractivity (Wildman–Crippen MR) is 161 cm³/mol. The maximum atomic E-state index is 6.12. The van der Waals surface area contributed by atoms with Crippen molar-refractivity contribution < 1.29 is 22.7 Å². The molecule has 3 aromatic carbocycles. The van der Waals surface area contributed by atoms with E-state index in [4.69, 9.17) is 22.7 Å². The SMILES string of the molecule is CCCc1nnc(C=Cc2nc(-c3ccccc3)oc2COc2ccc(OCc3nc(-c4ccccc4)oc3C)cc2)o1. The van der Waals surface area contributed by atoms with Crippen molar-refractivity contribution in [2.24, 2.45) is 0 Å². The normalized spacial score (nSPS) is 11.3. The van der Waals surface area contributed by atoms with Gasteiger partial charge in [0.15, 0.2) is 5.76 Å². The summed E-state index contributed by atoms with van der Waals surface area (Å²) in [5.74, 6) is 4.74. The maximum absolute atomic E-state index is 6.12. The first-order chi connectivity index (χ1) is 21.1. The van der Waals surface area contributed by atoms with Crippen LogP contribution < -0.4 is 9.47 Å². The monoisotopic (exact) mass is 574 g/mol. The zero-order chi connectivity index (χ0) is 29.4. The van der Waals surface area contributed by atoms with Crippen molar-refractivity contribution >= 4 is 12.2 Å². The van der Waals surface area contributed by atoms with Crippen LogP contribution in [0.1, 0.15) is 48.0 Å². The Kier molecular flexibility index (Phi) is 8.40. The second kappa shape index (κ2) is 13.0. The van der Waals surface area contributed by atoms with Crippen LogP contribution in [0.3, 0.4) is 0 Å². The molecule has 0 radical (unpaired) electrons. The van der Waals surface area contributed by atoms with Crippen molar-refractivity contribution in [3.63, 3.8) is 0 Å². The molecular weight excluding hydrogens is 544 g/mol. The van der Waals surface area contributed by atoms with Crippen molar-refractivity contribution in [3.8, 4) is 34.4 Å². The molecule has 0 spiro atoms. The Morgan fingerprint density at radius 1 is 0.674 bits per heavy atom. The van der Waals surface area contributed by atoms with Gasteiger partial charge in [0, 0.05) is 23.6 Å². The molecule has 3 aromatic heterocycles. The molecule has 0 atom stereocenters. The lowest BCUT2D eigenvalue weighted by Crippen LogP contribution is -1.98. The lowest BCUT2D eigenvalue weighted by Gasteiger charge is -2.07. The zero-order valence-corrected chi connectivity index (χ0v) is 23.9. The highest BCUT2D eigenvalue weighted by Gasteiger charge is 2.15. The highest BCUT2D eigenvalue weighted by molar-refractivity contribution is 5.67. The third kappa shape index (κ3) is 6.90. The fraction of sp³-hybridized carbons (Fsp3) is 0.176. The number of aryl methyl sites for hydroxylation is 2. The third-order valence-corrected chi connectivity index (χ3v) is 6.56. The molecule has 9 nitrogen and oxygen atoms in total. The van der Waals surface area contributed by atoms with E-state index < -0.39 is 0 Å². The van der Waals surface area contributed by atoms with Crippen LogP contribution in [0.25, 0.3) is 35.1 Å². The molecule has 0 bridgehead atoms. The molecule has 9 heteroatoms. The van der Waals surface area contributed by atoms with Gasteiger partial charge < -0.3 is 22.7 Å². The Balaban J connectivity index is 1.11. The number of oxazole rings is 2. The van der Waals surface area contributed by atoms with Crippen LogP contribution in [0.2, 0.25) is 0 Å². The van der Waals surface area contributed by atoms with E-state index in [1.54, 1.807) is 12.2 Å². The standard InChI is InChI=1S/C34H30N4O5/c1-3-10-31-37-38-32(43-31)20-19-28-30(42-34(35-28)25-13-8-5-9-14-25)22-40-27-17-15-26(16-18-27)39-21-29-23(2)41-33(36-29)24-11-6-4-7-12-24/h4-9,11-20H,3,10,21-22H2,1-2H3. The summed E-state index contributed by atoms with van der Waals surface area (Å²) in [6.07, 6.45) is 5.19. The number of hydrogen-bond acceptors (Lipinski definition) is 9. The summed E-state index contributed by atoms with van der Waals surface area (Å²) >= 11 is 0. The largest absolute Gasteiger partial charge is 0.487 e. The van der Waals surface area contributed by atoms with Crippen molar-refractivity contribution in [2.45, 2.75) is 39.9 Å². The summed E-state index contributed by atoms with van der Waals surface area (Å²) in [6.45, 7) is 4.41. The number of rotatable bonds is 12. The summed E-state index contributed by atoms with van der Waals surface area (Å²) < 4.78 is 29.6. The quantitative estimate of drug-likeness (QED) is 0.144. The Morgan fingerprint density at radius 2 is 1.30 bits per heavy atom. The first kappa shape index (κ1) is 27.7. The van der Waals surface area contributed by atoms with E-state index in [0.29, 0.717) is 53.1 Å². The van der Waals surface area contributed by atoms with E-state index in [1.165, 1.54) is 0 Å². The van der Waals surface area contributed by atoms with E-state index in [1.807, 2.05) is 91.9 Å². The van der Waals surface area contributed by atoms with Crippen molar-refractivity contribution in [1.82, 2.24) is 20.2 Å². The molecule has 0 saturated heterocycles. The number of hydrogen-bond donors (Lipinski definition) is 0. The van der Waals surface area contributed by atoms with Crippen molar-refractivity contribution in [2.75, 3.05) is 0 Å². The molecule has 6 aromatic rings. The minimum absolute atomic E-state index is 0.172. The molecule has 0 aliphatic rings. The lowest BCUT2D eigenvalue weighted by atomic mass is 10.2. The van der Waals surface area contributed by atoms with Gasteiger partial charge in [-0.2, -0.15) is 0 Å². The second-order valence-electron chi connectivity index (χ2n) is 9.75. The summed E-state index contributed by atoms with van der Waals surface area (Å²) in [5.41, 5.74) is 3.16. The number of aromatic nitrogens is 4. The number of ether oxygens (including phenoxy) is 2. The Morgan fingerprint density at radius 3 is 1.95 bits per heavy atom. The molecular formula is C34H30N4O5. The van der Waals surface area contributed by atoms with Crippen molar-refractivity contribution in [3.05, 3.63) is 120 Å². The average Bonchev–Trinajstić information content (AvgIpc) is 3.78. The molecule has 0 N–H and O–H groups in total. The molecule has 0 amide bonds. The highest BCUT2D eigenvalue weighted by Crippen LogP contribution is 2.27. The topological polar surface area (TPSA) is 109 Å². The molecule has 43 heavy (non-hydrogen) atoms. The molecule has 216 valence electrons. The van der Waals surface area contributed by atoms with Gasteiger partial charge in [-0.15, -0.1) is 10.2 Å². The summed E-state index contributed by atoms with van der Waals surface area (Å²) in [6, 6.07) is 26.9. The van der Waals surface area contributed by atoms with E-state index >= 15 is 0 Å². The molecule has 6 rings (SSSR count). The minimum Gasteiger partial charge on any atom is -0.487 e. The van der Waals surface area contributed by atoms with Gasteiger partial charge in [-0.25, -0.2) is 9.97 Å². The molecule has 0 unspecified atom stereocenters. The molecule has 0 fully saturated rings. The zero-order valence-electron chi connectivity index (χ0n) is 23.9. The van der Waals surface area contributed by atoms with Crippen LogP contribution in [0.4, 0.5) is 0 Å². The second-order valence-corrected chi connectivity index (χ2v) is 9.75. The minimum atomic E-state index is 0.172.